The molecule has 1 aliphatic rings. The monoisotopic (exact) mass is 272 g/mol. The Morgan fingerprint density at radius 3 is 2.68 bits per heavy atom. The van der Waals surface area contributed by atoms with E-state index in [1.807, 2.05) is 0 Å². The molecule has 1 saturated heterocycles. The zero-order valence-electron chi connectivity index (χ0n) is 10.3. The summed E-state index contributed by atoms with van der Waals surface area (Å²) < 4.78 is 38.6. The highest BCUT2D eigenvalue weighted by Crippen LogP contribution is 2.33. The Morgan fingerprint density at radius 2 is 2.00 bits per heavy atom. The van der Waals surface area contributed by atoms with Crippen LogP contribution in [0.4, 0.5) is 13.2 Å². The molecule has 2 N–H and O–H groups in total. The number of nitrogens with two attached hydrogens (primary N) is 1. The predicted molar refractivity (Wildman–Crippen MR) is 63.8 cm³/mol. The normalized spacial score (nSPS) is 20.7. The number of nitrogens with zero attached hydrogens (tertiary/aromatic N) is 1. The molecule has 19 heavy (non-hydrogen) atoms. The summed E-state index contributed by atoms with van der Waals surface area (Å²) in [6.45, 7) is 0.469. The second-order valence-corrected chi connectivity index (χ2v) is 4.73. The molecule has 0 radical (unpaired) electrons. The second-order valence-electron chi connectivity index (χ2n) is 4.73. The maximum absolute atomic E-state index is 12.9. The summed E-state index contributed by atoms with van der Waals surface area (Å²) in [7, 11) is 0. The first-order valence-electron chi connectivity index (χ1n) is 6.11. The van der Waals surface area contributed by atoms with E-state index in [0.29, 0.717) is 13.0 Å². The second kappa shape index (κ2) is 5.21. The van der Waals surface area contributed by atoms with Crippen LogP contribution in [0.25, 0.3) is 0 Å². The lowest BCUT2D eigenvalue weighted by Crippen LogP contribution is -2.46. The Hall–Kier alpha value is -1.56. The molecular weight excluding hydrogens is 257 g/mol. The molecule has 2 rings (SSSR count). The van der Waals surface area contributed by atoms with Crippen LogP contribution in [0, 0.1) is 5.92 Å². The number of hydrogen-bond acceptors (Lipinski definition) is 2. The summed E-state index contributed by atoms with van der Waals surface area (Å²) >= 11 is 0. The van der Waals surface area contributed by atoms with Crippen LogP contribution >= 0.6 is 0 Å². The van der Waals surface area contributed by atoms with Crippen molar-refractivity contribution in [1.82, 2.24) is 5.01 Å². The van der Waals surface area contributed by atoms with E-state index in [2.05, 4.69) is 0 Å². The number of amides is 1. The number of piperidine rings is 1. The molecule has 0 aliphatic carbocycles. The number of alkyl halides is 3. The third kappa shape index (κ3) is 3.07. The van der Waals surface area contributed by atoms with Crippen molar-refractivity contribution in [2.24, 2.45) is 11.8 Å². The van der Waals surface area contributed by atoms with Crippen molar-refractivity contribution in [2.75, 3.05) is 6.54 Å². The third-order valence-corrected chi connectivity index (χ3v) is 3.37. The van der Waals surface area contributed by atoms with Gasteiger partial charge in [0.25, 0.3) is 0 Å². The molecule has 1 unspecified atom stereocenters. The topological polar surface area (TPSA) is 46.3 Å². The average Bonchev–Trinajstić information content (AvgIpc) is 2.34. The highest BCUT2D eigenvalue weighted by Gasteiger charge is 2.35. The molecule has 0 aromatic heterocycles. The summed E-state index contributed by atoms with van der Waals surface area (Å²) in [5, 5.41) is 1.10. The minimum atomic E-state index is -4.39. The van der Waals surface area contributed by atoms with Crippen molar-refractivity contribution in [3.8, 4) is 0 Å². The van der Waals surface area contributed by atoms with Crippen molar-refractivity contribution in [2.45, 2.75) is 25.4 Å². The van der Waals surface area contributed by atoms with Crippen LogP contribution in [0.1, 0.15) is 24.0 Å². The minimum absolute atomic E-state index is 0.0855. The van der Waals surface area contributed by atoms with Gasteiger partial charge in [-0.3, -0.25) is 9.80 Å². The number of benzene rings is 1. The Kier molecular flexibility index (Phi) is 3.80. The Bertz CT molecular complexity index is 473. The molecule has 0 bridgehead atoms. The van der Waals surface area contributed by atoms with Gasteiger partial charge in [0, 0.05) is 12.5 Å². The molecule has 1 atom stereocenters. The molecule has 1 aromatic rings. The number of hydrazine groups is 1. The van der Waals surface area contributed by atoms with Gasteiger partial charge in [0.2, 0.25) is 5.91 Å². The zero-order chi connectivity index (χ0) is 14.0. The van der Waals surface area contributed by atoms with E-state index in [0.717, 1.165) is 17.5 Å². The maximum Gasteiger partial charge on any atom is 0.416 e. The van der Waals surface area contributed by atoms with Crippen LogP contribution in [-0.2, 0) is 17.4 Å². The lowest BCUT2D eigenvalue weighted by atomic mass is 9.89. The van der Waals surface area contributed by atoms with E-state index in [-0.39, 0.29) is 17.9 Å². The molecule has 1 amide bonds. The van der Waals surface area contributed by atoms with E-state index < -0.39 is 17.7 Å². The summed E-state index contributed by atoms with van der Waals surface area (Å²) in [6.07, 6.45) is -3.00. The quantitative estimate of drug-likeness (QED) is 0.663. The van der Waals surface area contributed by atoms with Crippen LogP contribution < -0.4 is 5.84 Å². The Morgan fingerprint density at radius 1 is 1.32 bits per heavy atom. The molecular formula is C13H15F3N2O. The number of carbonyl (C=O) groups excluding carboxylic acids is 1. The fraction of sp³-hybridized carbons (Fsp3) is 0.462. The summed E-state index contributed by atoms with van der Waals surface area (Å²) in [4.78, 5) is 11.8. The van der Waals surface area contributed by atoms with E-state index in [1.165, 1.54) is 12.1 Å². The lowest BCUT2D eigenvalue weighted by Gasteiger charge is -2.29. The Labute approximate surface area is 109 Å². The number of carbonyl (C=O) groups is 1. The third-order valence-electron chi connectivity index (χ3n) is 3.37. The van der Waals surface area contributed by atoms with Crippen molar-refractivity contribution in [1.29, 1.82) is 0 Å². The van der Waals surface area contributed by atoms with E-state index in [1.54, 1.807) is 6.07 Å². The fourth-order valence-electron chi connectivity index (χ4n) is 2.41. The molecule has 1 aliphatic heterocycles. The molecule has 1 fully saturated rings. The van der Waals surface area contributed by atoms with Crippen molar-refractivity contribution in [3.05, 3.63) is 35.4 Å². The van der Waals surface area contributed by atoms with Gasteiger partial charge < -0.3 is 0 Å². The molecule has 1 heterocycles. The first-order valence-corrected chi connectivity index (χ1v) is 6.11. The standard InChI is InChI=1S/C13H15F3N2O/c14-13(15,16)11-6-2-1-4-9(11)8-10-5-3-7-18(17)12(10)19/h1-2,4,6,10H,3,5,7-8,17H2. The predicted octanol–water partition coefficient (Wildman–Crippen LogP) is 2.36. The van der Waals surface area contributed by atoms with Gasteiger partial charge in [-0.1, -0.05) is 18.2 Å². The lowest BCUT2D eigenvalue weighted by molar-refractivity contribution is -0.141. The van der Waals surface area contributed by atoms with Gasteiger partial charge in [-0.05, 0) is 30.9 Å². The number of hydrogen-bond donors (Lipinski definition) is 1. The molecule has 0 spiro atoms. The molecule has 3 nitrogen and oxygen atoms in total. The fourth-order valence-corrected chi connectivity index (χ4v) is 2.41. The largest absolute Gasteiger partial charge is 0.416 e. The van der Waals surface area contributed by atoms with Gasteiger partial charge in [-0.15, -0.1) is 0 Å². The van der Waals surface area contributed by atoms with E-state index in [4.69, 9.17) is 5.84 Å². The van der Waals surface area contributed by atoms with Crippen LogP contribution in [-0.4, -0.2) is 17.5 Å². The van der Waals surface area contributed by atoms with Crippen LogP contribution in [0.5, 0.6) is 0 Å². The van der Waals surface area contributed by atoms with E-state index >= 15 is 0 Å². The SMILES string of the molecule is NN1CCCC(Cc2ccccc2C(F)(F)F)C1=O. The summed E-state index contributed by atoms with van der Waals surface area (Å²) in [5.41, 5.74) is -0.513. The van der Waals surface area contributed by atoms with Crippen LogP contribution in [0.3, 0.4) is 0 Å². The van der Waals surface area contributed by atoms with Gasteiger partial charge in [-0.2, -0.15) is 13.2 Å². The molecule has 1 aromatic carbocycles. The van der Waals surface area contributed by atoms with Gasteiger partial charge in [0.15, 0.2) is 0 Å². The summed E-state index contributed by atoms with van der Waals surface area (Å²) in [5.74, 6) is 4.78. The maximum atomic E-state index is 12.9. The van der Waals surface area contributed by atoms with Gasteiger partial charge in [-0.25, -0.2) is 5.84 Å². The zero-order valence-corrected chi connectivity index (χ0v) is 10.3. The summed E-state index contributed by atoms with van der Waals surface area (Å²) in [6, 6.07) is 5.37. The van der Waals surface area contributed by atoms with Crippen LogP contribution in [0.2, 0.25) is 0 Å². The van der Waals surface area contributed by atoms with Crippen molar-refractivity contribution >= 4 is 5.91 Å². The molecule has 0 saturated carbocycles. The van der Waals surface area contributed by atoms with Gasteiger partial charge in [0.1, 0.15) is 0 Å². The molecule has 6 heteroatoms. The molecule has 104 valence electrons. The first kappa shape index (κ1) is 13.9. The van der Waals surface area contributed by atoms with Gasteiger partial charge in [0.05, 0.1) is 5.56 Å². The smallest absolute Gasteiger partial charge is 0.280 e. The average molecular weight is 272 g/mol. The van der Waals surface area contributed by atoms with Gasteiger partial charge >= 0.3 is 6.18 Å². The first-order chi connectivity index (χ1) is 8.89. The highest BCUT2D eigenvalue weighted by atomic mass is 19.4. The highest BCUT2D eigenvalue weighted by molar-refractivity contribution is 5.79. The van der Waals surface area contributed by atoms with E-state index in [9.17, 15) is 18.0 Å². The van der Waals surface area contributed by atoms with Crippen LogP contribution in [0.15, 0.2) is 24.3 Å². The van der Waals surface area contributed by atoms with Crippen molar-refractivity contribution in [3.63, 3.8) is 0 Å². The Balaban J connectivity index is 2.22. The number of halogens is 3. The number of rotatable bonds is 2. The van der Waals surface area contributed by atoms with Crippen molar-refractivity contribution < 1.29 is 18.0 Å². The minimum Gasteiger partial charge on any atom is -0.280 e.